The molecule has 1 atom stereocenters. The van der Waals surface area contributed by atoms with Crippen LogP contribution in [0.3, 0.4) is 0 Å². The fraction of sp³-hybridized carbons (Fsp3) is 0.167. The largest absolute Gasteiger partial charge is 0.345 e. The third-order valence-electron chi connectivity index (χ3n) is 4.27. The SMILES string of the molecule is O=C(N[C@H]1CCSc2ccccc21)c1ccc2c(=O)[nH]c(=S)[nH]c2c1. The molecule has 0 aliphatic carbocycles. The first-order chi connectivity index (χ1) is 12.1. The Hall–Kier alpha value is -2.38. The smallest absolute Gasteiger partial charge is 0.259 e. The van der Waals surface area contributed by atoms with Gasteiger partial charge in [0.2, 0.25) is 0 Å². The maximum Gasteiger partial charge on any atom is 0.259 e. The first-order valence-electron chi connectivity index (χ1n) is 7.91. The number of aromatic amines is 2. The van der Waals surface area contributed by atoms with Crippen LogP contribution in [0.25, 0.3) is 10.9 Å². The van der Waals surface area contributed by atoms with Crippen LogP contribution in [-0.4, -0.2) is 21.6 Å². The van der Waals surface area contributed by atoms with E-state index in [0.717, 1.165) is 17.7 Å². The number of hydrogen-bond acceptors (Lipinski definition) is 4. The van der Waals surface area contributed by atoms with Crippen molar-refractivity contribution in [1.82, 2.24) is 15.3 Å². The lowest BCUT2D eigenvalue weighted by atomic mass is 10.0. The van der Waals surface area contributed by atoms with Crippen LogP contribution in [-0.2, 0) is 0 Å². The van der Waals surface area contributed by atoms with Gasteiger partial charge >= 0.3 is 0 Å². The molecule has 1 aromatic heterocycles. The molecule has 1 aliphatic rings. The molecule has 3 aromatic rings. The molecular formula is C18H15N3O2S2. The normalized spacial score (nSPS) is 16.4. The Kier molecular flexibility index (Phi) is 4.19. The average molecular weight is 369 g/mol. The van der Waals surface area contributed by atoms with Gasteiger partial charge in [-0.3, -0.25) is 14.6 Å². The molecule has 4 rings (SSSR count). The van der Waals surface area contributed by atoms with Crippen molar-refractivity contribution < 1.29 is 4.79 Å². The Labute approximate surface area is 152 Å². The lowest BCUT2D eigenvalue weighted by Crippen LogP contribution is -2.30. The summed E-state index contributed by atoms with van der Waals surface area (Å²) in [6.45, 7) is 0. The van der Waals surface area contributed by atoms with Crippen molar-refractivity contribution in [2.75, 3.05) is 5.75 Å². The monoisotopic (exact) mass is 369 g/mol. The third kappa shape index (κ3) is 3.12. The van der Waals surface area contributed by atoms with E-state index in [4.69, 9.17) is 12.2 Å². The van der Waals surface area contributed by atoms with E-state index in [1.54, 1.807) is 18.2 Å². The van der Waals surface area contributed by atoms with E-state index < -0.39 is 0 Å². The molecule has 0 bridgehead atoms. The molecule has 5 nitrogen and oxygen atoms in total. The Morgan fingerprint density at radius 3 is 2.92 bits per heavy atom. The minimum atomic E-state index is -0.260. The summed E-state index contributed by atoms with van der Waals surface area (Å²) in [7, 11) is 0. The van der Waals surface area contributed by atoms with Gasteiger partial charge in [0.25, 0.3) is 11.5 Å². The van der Waals surface area contributed by atoms with Gasteiger partial charge in [-0.15, -0.1) is 11.8 Å². The maximum absolute atomic E-state index is 12.7. The molecule has 7 heteroatoms. The second kappa shape index (κ2) is 6.50. The molecular weight excluding hydrogens is 354 g/mol. The van der Waals surface area contributed by atoms with E-state index in [0.29, 0.717) is 16.5 Å². The van der Waals surface area contributed by atoms with Crippen LogP contribution >= 0.6 is 24.0 Å². The topological polar surface area (TPSA) is 77.8 Å². The van der Waals surface area contributed by atoms with E-state index in [-0.39, 0.29) is 22.3 Å². The van der Waals surface area contributed by atoms with Crippen molar-refractivity contribution in [2.24, 2.45) is 0 Å². The molecule has 0 fully saturated rings. The van der Waals surface area contributed by atoms with Crippen LogP contribution in [0.5, 0.6) is 0 Å². The standard InChI is InChI=1S/C18H15N3O2S2/c22-16(19-13-7-8-25-15-4-2-1-3-11(13)15)10-5-6-12-14(9-10)20-18(24)21-17(12)23/h1-6,9,13H,7-8H2,(H,19,22)(H2,20,21,23,24)/t13-/m0/s1. The van der Waals surface area contributed by atoms with Gasteiger partial charge in [0, 0.05) is 16.2 Å². The zero-order valence-electron chi connectivity index (χ0n) is 13.2. The van der Waals surface area contributed by atoms with E-state index in [2.05, 4.69) is 27.4 Å². The van der Waals surface area contributed by atoms with Crippen LogP contribution in [0.2, 0.25) is 0 Å². The zero-order valence-corrected chi connectivity index (χ0v) is 14.8. The summed E-state index contributed by atoms with van der Waals surface area (Å²) in [4.78, 5) is 31.3. The highest BCUT2D eigenvalue weighted by atomic mass is 32.2. The number of H-pyrrole nitrogens is 2. The lowest BCUT2D eigenvalue weighted by molar-refractivity contribution is 0.0935. The van der Waals surface area contributed by atoms with Crippen LogP contribution in [0, 0.1) is 4.77 Å². The molecule has 0 radical (unpaired) electrons. The fourth-order valence-corrected chi connectivity index (χ4v) is 4.37. The molecule has 2 heterocycles. The average Bonchev–Trinajstić information content (AvgIpc) is 2.61. The zero-order chi connectivity index (χ0) is 17.4. The van der Waals surface area contributed by atoms with Crippen molar-refractivity contribution in [3.8, 4) is 0 Å². The summed E-state index contributed by atoms with van der Waals surface area (Å²) >= 11 is 6.81. The van der Waals surface area contributed by atoms with Crippen molar-refractivity contribution in [3.63, 3.8) is 0 Å². The van der Waals surface area contributed by atoms with Crippen LogP contribution in [0.1, 0.15) is 28.4 Å². The summed E-state index contributed by atoms with van der Waals surface area (Å²) < 4.78 is 0.244. The fourth-order valence-electron chi connectivity index (χ4n) is 3.04. The number of thioether (sulfide) groups is 1. The molecule has 0 saturated carbocycles. The highest BCUT2D eigenvalue weighted by molar-refractivity contribution is 7.99. The van der Waals surface area contributed by atoms with Crippen molar-refractivity contribution in [3.05, 3.63) is 68.7 Å². The van der Waals surface area contributed by atoms with Gasteiger partial charge in [-0.1, -0.05) is 18.2 Å². The van der Waals surface area contributed by atoms with Gasteiger partial charge in [0.05, 0.1) is 16.9 Å². The number of nitrogens with one attached hydrogen (secondary N) is 3. The van der Waals surface area contributed by atoms with Crippen LogP contribution < -0.4 is 10.9 Å². The molecule has 126 valence electrons. The lowest BCUT2D eigenvalue weighted by Gasteiger charge is -2.25. The summed E-state index contributed by atoms with van der Waals surface area (Å²) in [6.07, 6.45) is 0.892. The van der Waals surface area contributed by atoms with E-state index >= 15 is 0 Å². The Morgan fingerprint density at radius 1 is 1.20 bits per heavy atom. The summed E-state index contributed by atoms with van der Waals surface area (Å²) in [6, 6.07) is 13.1. The van der Waals surface area contributed by atoms with E-state index in [9.17, 15) is 9.59 Å². The first-order valence-corrected chi connectivity index (χ1v) is 9.30. The molecule has 0 unspecified atom stereocenters. The number of benzene rings is 2. The number of fused-ring (bicyclic) bond motifs is 2. The quantitative estimate of drug-likeness (QED) is 0.604. The molecule has 0 saturated heterocycles. The predicted molar refractivity (Wildman–Crippen MR) is 102 cm³/mol. The molecule has 1 aliphatic heterocycles. The van der Waals surface area contributed by atoms with Crippen molar-refractivity contribution >= 4 is 40.8 Å². The maximum atomic E-state index is 12.7. The highest BCUT2D eigenvalue weighted by Gasteiger charge is 2.22. The number of carbonyl (C=O) groups excluding carboxylic acids is 1. The molecule has 3 N–H and O–H groups in total. The first kappa shape index (κ1) is 16.1. The Bertz CT molecular complexity index is 1090. The van der Waals surface area contributed by atoms with Gasteiger partial charge in [-0.25, -0.2) is 0 Å². The Morgan fingerprint density at radius 2 is 2.04 bits per heavy atom. The Balaban J connectivity index is 1.65. The second-order valence-electron chi connectivity index (χ2n) is 5.87. The second-order valence-corrected chi connectivity index (χ2v) is 7.41. The summed E-state index contributed by atoms with van der Waals surface area (Å²) in [5, 5.41) is 3.58. The van der Waals surface area contributed by atoms with Crippen LogP contribution in [0.15, 0.2) is 52.2 Å². The molecule has 1 amide bonds. The number of hydrogen-bond donors (Lipinski definition) is 3. The number of amides is 1. The minimum absolute atomic E-state index is 0.00156. The molecule has 2 aromatic carbocycles. The van der Waals surface area contributed by atoms with Crippen molar-refractivity contribution in [1.29, 1.82) is 0 Å². The predicted octanol–water partition coefficient (Wildman–Crippen LogP) is 3.55. The molecule has 0 spiro atoms. The van der Waals surface area contributed by atoms with Gasteiger partial charge in [-0.05, 0) is 48.5 Å². The molecule has 25 heavy (non-hydrogen) atoms. The number of carbonyl (C=O) groups is 1. The van der Waals surface area contributed by atoms with Gasteiger partial charge < -0.3 is 10.3 Å². The van der Waals surface area contributed by atoms with Gasteiger partial charge in [-0.2, -0.15) is 0 Å². The summed E-state index contributed by atoms with van der Waals surface area (Å²) in [5.41, 5.74) is 1.95. The van der Waals surface area contributed by atoms with Gasteiger partial charge in [0.15, 0.2) is 4.77 Å². The highest BCUT2D eigenvalue weighted by Crippen LogP contribution is 2.35. The minimum Gasteiger partial charge on any atom is -0.345 e. The van der Waals surface area contributed by atoms with Crippen LogP contribution in [0.4, 0.5) is 0 Å². The van der Waals surface area contributed by atoms with E-state index in [1.165, 1.54) is 4.90 Å². The number of aromatic nitrogens is 2. The van der Waals surface area contributed by atoms with Gasteiger partial charge in [0.1, 0.15) is 0 Å². The van der Waals surface area contributed by atoms with E-state index in [1.807, 2.05) is 23.9 Å². The summed E-state index contributed by atoms with van der Waals surface area (Å²) in [5.74, 6) is 0.815. The van der Waals surface area contributed by atoms with Crippen molar-refractivity contribution in [2.45, 2.75) is 17.4 Å². The third-order valence-corrected chi connectivity index (χ3v) is 5.59. The number of rotatable bonds is 2.